The number of rotatable bonds is 3. The van der Waals surface area contributed by atoms with Crippen LogP contribution in [0.2, 0.25) is 13.1 Å². The predicted octanol–water partition coefficient (Wildman–Crippen LogP) is 18.2. The van der Waals surface area contributed by atoms with Crippen molar-refractivity contribution in [2.75, 3.05) is 7.11 Å². The van der Waals surface area contributed by atoms with E-state index in [1.807, 2.05) is 7.11 Å². The number of hydrogen-bond acceptors (Lipinski definition) is 1. The molecule has 0 fully saturated rings. The summed E-state index contributed by atoms with van der Waals surface area (Å²) in [5, 5.41) is 5.44. The molecule has 1 aliphatic carbocycles. The van der Waals surface area contributed by atoms with Crippen molar-refractivity contribution in [3.63, 3.8) is 0 Å². The van der Waals surface area contributed by atoms with Crippen LogP contribution in [0.15, 0.2) is 72.8 Å². The van der Waals surface area contributed by atoms with Crippen LogP contribution >= 0.6 is 17.0 Å². The van der Waals surface area contributed by atoms with Crippen LogP contribution in [0, 0.1) is 13.8 Å². The first-order valence-electron chi connectivity index (χ1n) is 22.9. The van der Waals surface area contributed by atoms with Gasteiger partial charge in [0.15, 0.2) is 0 Å². The first-order valence-corrected chi connectivity index (χ1v) is 31.2. The molecule has 338 valence electrons. The Labute approximate surface area is 405 Å². The first kappa shape index (κ1) is 53.2. The van der Waals surface area contributed by atoms with E-state index >= 15 is 0 Å². The zero-order valence-corrected chi connectivity index (χ0v) is 47.7. The molecule has 0 saturated carbocycles. The summed E-state index contributed by atoms with van der Waals surface area (Å²) in [4.78, 5) is 0. The van der Waals surface area contributed by atoms with Gasteiger partial charge in [-0.1, -0.05) is 184 Å². The molecule has 5 heteroatoms. The molecule has 0 unspecified atom stereocenters. The third-order valence-corrected chi connectivity index (χ3v) is 12.3. The van der Waals surface area contributed by atoms with E-state index in [0.29, 0.717) is 0 Å². The molecule has 2 radical (unpaired) electrons. The van der Waals surface area contributed by atoms with Crippen molar-refractivity contribution in [3.05, 3.63) is 123 Å². The van der Waals surface area contributed by atoms with Gasteiger partial charge >= 0.3 is 37.9 Å². The van der Waals surface area contributed by atoms with E-state index in [2.05, 4.69) is 204 Å². The average Bonchev–Trinajstić information content (AvgIpc) is 3.88. The molecule has 7 rings (SSSR count). The predicted molar refractivity (Wildman–Crippen MR) is 281 cm³/mol. The van der Waals surface area contributed by atoms with Crippen LogP contribution in [0.5, 0.6) is 5.75 Å². The van der Waals surface area contributed by atoms with Gasteiger partial charge in [0.05, 0.1) is 7.11 Å². The van der Waals surface area contributed by atoms with Gasteiger partial charge in [-0.3, -0.25) is 0 Å². The maximum absolute atomic E-state index is 6.13. The molecule has 0 bridgehead atoms. The standard InChI is InChI=1S/C29H39O.C27H33.C2H6Si.2ClH.Zr/c1-18-12-19-16-24(29(8,9)10)26(30-11)25(23(19)13-18)20-14-21(27(2,3)4)17-22(15-20)28(5,6)7;1-17-11-19-13-18-9-8-10-23(18)25(24(19)12-17)20-14-21(26(2,3)4)16-22(15-20)27(5,6)7;1-3-2;;;/h12-17H,1-11H3;11-16H,8-10H2,1-7H3;1-2H3;2*1H;/q2*-1;;;;+4/p-2. The Kier molecular flexibility index (Phi) is 17.4. The number of ether oxygens (including phenoxy) is 1. The van der Waals surface area contributed by atoms with E-state index in [1.165, 1.54) is 102 Å². The van der Waals surface area contributed by atoms with Gasteiger partial charge in [-0.2, -0.15) is 12.1 Å². The molecule has 6 aromatic carbocycles. The molecule has 0 N–H and O–H groups in total. The van der Waals surface area contributed by atoms with Gasteiger partial charge in [-0.15, -0.1) is 56.9 Å². The zero-order valence-electron chi connectivity index (χ0n) is 42.7. The van der Waals surface area contributed by atoms with Gasteiger partial charge in [0.1, 0.15) is 5.75 Å². The molecule has 0 spiro atoms. The van der Waals surface area contributed by atoms with Crippen molar-refractivity contribution in [3.8, 4) is 28.0 Å². The van der Waals surface area contributed by atoms with Gasteiger partial charge in [-0.25, -0.2) is 0 Å². The number of fused-ring (bicyclic) bond motifs is 3. The fraction of sp³-hybridized carbons (Fsp3) is 0.483. The van der Waals surface area contributed by atoms with Crippen LogP contribution in [0.25, 0.3) is 43.8 Å². The Morgan fingerprint density at radius 3 is 1.25 bits per heavy atom. The summed E-state index contributed by atoms with van der Waals surface area (Å²) in [5.74, 6) is 1.01. The summed E-state index contributed by atoms with van der Waals surface area (Å²) < 4.78 is 6.13. The van der Waals surface area contributed by atoms with Crippen molar-refractivity contribution < 1.29 is 25.6 Å². The van der Waals surface area contributed by atoms with Gasteiger partial charge in [-0.05, 0) is 90.8 Å². The molecule has 6 aromatic rings. The molecule has 1 aliphatic rings. The average molecular weight is 981 g/mol. The van der Waals surface area contributed by atoms with E-state index in [4.69, 9.17) is 21.8 Å². The number of aryl methyl sites for hydroxylation is 3. The minimum absolute atomic E-state index is 0.00600. The van der Waals surface area contributed by atoms with Crippen molar-refractivity contribution in [1.82, 2.24) is 0 Å². The maximum atomic E-state index is 6.13. The summed E-state index contributed by atoms with van der Waals surface area (Å²) in [6, 6.07) is 28.6. The summed E-state index contributed by atoms with van der Waals surface area (Å²) in [6.07, 6.45) is 3.74. The molecular weight excluding hydrogens is 903 g/mol. The third-order valence-electron chi connectivity index (χ3n) is 12.3. The fourth-order valence-electron chi connectivity index (χ4n) is 8.72. The summed E-state index contributed by atoms with van der Waals surface area (Å²) in [5.41, 5.74) is 18.6. The van der Waals surface area contributed by atoms with Crippen LogP contribution in [0.4, 0.5) is 0 Å². The number of methoxy groups -OCH3 is 1. The Morgan fingerprint density at radius 1 is 0.524 bits per heavy atom. The molecule has 1 nitrogen and oxygen atoms in total. The molecule has 0 aromatic heterocycles. The Bertz CT molecular complexity index is 2430. The second-order valence-corrected chi connectivity index (χ2v) is 27.8. The van der Waals surface area contributed by atoms with E-state index in [-0.39, 0.29) is 27.1 Å². The molecule has 0 aliphatic heterocycles. The number of benzene rings is 4. The quantitative estimate of drug-likeness (QED) is 0.127. The van der Waals surface area contributed by atoms with Crippen molar-refractivity contribution in [2.45, 2.75) is 177 Å². The Balaban J connectivity index is 0.000000247. The number of hydrogen-bond donors (Lipinski definition) is 0. The van der Waals surface area contributed by atoms with E-state index in [1.54, 1.807) is 11.1 Å². The molecular formula is C58H78Cl2OSiZr. The zero-order chi connectivity index (χ0) is 47.6. The molecule has 0 heterocycles. The van der Waals surface area contributed by atoms with Crippen LogP contribution in [0.3, 0.4) is 0 Å². The van der Waals surface area contributed by atoms with Gasteiger partial charge < -0.3 is 4.74 Å². The molecule has 63 heavy (non-hydrogen) atoms. The second kappa shape index (κ2) is 20.6. The first-order chi connectivity index (χ1) is 29.0. The molecule has 0 saturated heterocycles. The van der Waals surface area contributed by atoms with Crippen LogP contribution < -0.4 is 4.74 Å². The fourth-order valence-corrected chi connectivity index (χ4v) is 8.72. The van der Waals surface area contributed by atoms with E-state index in [0.717, 1.165) is 15.3 Å². The summed E-state index contributed by atoms with van der Waals surface area (Å²) in [7, 11) is 12.8. The second-order valence-electron chi connectivity index (χ2n) is 23.1. The van der Waals surface area contributed by atoms with Crippen LogP contribution in [-0.4, -0.2) is 16.6 Å². The molecule has 0 atom stereocenters. The monoisotopic (exact) mass is 978 g/mol. The number of halogens is 2. The Morgan fingerprint density at radius 2 is 0.889 bits per heavy atom. The van der Waals surface area contributed by atoms with Crippen molar-refractivity contribution >= 4 is 48.1 Å². The minimum atomic E-state index is -0.826. The summed E-state index contributed by atoms with van der Waals surface area (Å²) >= 11 is -0.826. The topological polar surface area (TPSA) is 9.23 Å². The van der Waals surface area contributed by atoms with E-state index in [9.17, 15) is 0 Å². The van der Waals surface area contributed by atoms with Gasteiger partial charge in [0.2, 0.25) is 0 Å². The summed E-state index contributed by atoms with van der Waals surface area (Å²) in [6.45, 7) is 43.3. The van der Waals surface area contributed by atoms with Gasteiger partial charge in [0.25, 0.3) is 0 Å². The van der Waals surface area contributed by atoms with Crippen LogP contribution in [0.1, 0.15) is 160 Å². The normalized spacial score (nSPS) is 13.0. The van der Waals surface area contributed by atoms with Crippen LogP contribution in [-0.2, 0) is 60.8 Å². The van der Waals surface area contributed by atoms with Crippen molar-refractivity contribution in [1.29, 1.82) is 0 Å². The third kappa shape index (κ3) is 12.9. The van der Waals surface area contributed by atoms with Gasteiger partial charge in [0, 0.05) is 9.52 Å². The molecule has 0 amide bonds. The van der Waals surface area contributed by atoms with Crippen molar-refractivity contribution in [2.24, 2.45) is 0 Å². The van der Waals surface area contributed by atoms with E-state index < -0.39 is 20.8 Å². The SMILES string of the molecule is COc1c(C(C)(C)C)cc2[cH-]c(C)cc2c1-c1cc(C(C)(C)C)cc(C(C)(C)C)c1.C[Si]C.Cc1cc2c(-c3cc(C(C)(C)C)cc(C(C)(C)C)c3)c3c(cc2[cH-]1)CCC3.[Cl][Zr+2][Cl]. The Hall–Kier alpha value is -2.42.